The standard InChI is InChI=1S/C17H25F2N3O2/c1-12(11-23)21(2)17(24)20-13-5-4-8-22(9-13)10-14-15(18)6-3-7-16(14)19/h3,6-7,12-13,23H,4-5,8-11H2,1-2H3,(H,20,24). The molecule has 1 saturated heterocycles. The molecular formula is C17H25F2N3O2. The summed E-state index contributed by atoms with van der Waals surface area (Å²) in [5.74, 6) is -1.09. The molecule has 1 aromatic rings. The van der Waals surface area contributed by atoms with Crippen LogP contribution >= 0.6 is 0 Å². The van der Waals surface area contributed by atoms with Gasteiger partial charge in [-0.1, -0.05) is 6.07 Å². The number of hydrogen-bond acceptors (Lipinski definition) is 3. The lowest BCUT2D eigenvalue weighted by molar-refractivity contribution is 0.141. The smallest absolute Gasteiger partial charge is 0.317 e. The van der Waals surface area contributed by atoms with Gasteiger partial charge in [-0.25, -0.2) is 13.6 Å². The molecule has 2 N–H and O–H groups in total. The Hall–Kier alpha value is -1.73. The number of likely N-dealkylation sites (tertiary alicyclic amines) is 1. The van der Waals surface area contributed by atoms with E-state index in [0.717, 1.165) is 19.4 Å². The van der Waals surface area contributed by atoms with Gasteiger partial charge in [-0.3, -0.25) is 4.90 Å². The van der Waals surface area contributed by atoms with E-state index in [-0.39, 0.29) is 36.8 Å². The number of hydrogen-bond donors (Lipinski definition) is 2. The molecule has 1 fully saturated rings. The second-order valence-corrected chi connectivity index (χ2v) is 6.37. The Kier molecular flexibility index (Phi) is 6.51. The van der Waals surface area contributed by atoms with E-state index in [0.29, 0.717) is 6.54 Å². The van der Waals surface area contributed by atoms with Gasteiger partial charge < -0.3 is 15.3 Å². The number of carbonyl (C=O) groups is 1. The van der Waals surface area contributed by atoms with E-state index in [2.05, 4.69) is 5.32 Å². The third-order valence-electron chi connectivity index (χ3n) is 4.52. The Morgan fingerprint density at radius 3 is 2.75 bits per heavy atom. The van der Waals surface area contributed by atoms with Crippen LogP contribution in [0.5, 0.6) is 0 Å². The molecule has 1 aliphatic heterocycles. The van der Waals surface area contributed by atoms with E-state index >= 15 is 0 Å². The molecule has 0 spiro atoms. The zero-order valence-corrected chi connectivity index (χ0v) is 14.1. The average molecular weight is 341 g/mol. The maximum Gasteiger partial charge on any atom is 0.317 e. The second-order valence-electron chi connectivity index (χ2n) is 6.37. The van der Waals surface area contributed by atoms with Crippen molar-refractivity contribution in [2.45, 2.75) is 38.4 Å². The van der Waals surface area contributed by atoms with Gasteiger partial charge in [-0.2, -0.15) is 0 Å². The summed E-state index contributed by atoms with van der Waals surface area (Å²) in [5, 5.41) is 12.0. The highest BCUT2D eigenvalue weighted by atomic mass is 19.1. The van der Waals surface area contributed by atoms with Crippen LogP contribution in [0.2, 0.25) is 0 Å². The molecule has 1 aliphatic rings. The van der Waals surface area contributed by atoms with E-state index in [1.807, 2.05) is 4.90 Å². The van der Waals surface area contributed by atoms with Gasteiger partial charge in [0.15, 0.2) is 0 Å². The highest BCUT2D eigenvalue weighted by Crippen LogP contribution is 2.18. The molecule has 0 saturated carbocycles. The van der Waals surface area contributed by atoms with Crippen LogP contribution in [0.4, 0.5) is 13.6 Å². The van der Waals surface area contributed by atoms with Crippen LogP contribution in [0.1, 0.15) is 25.3 Å². The number of piperidine rings is 1. The van der Waals surface area contributed by atoms with Crippen LogP contribution in [-0.2, 0) is 6.54 Å². The van der Waals surface area contributed by atoms with Crippen molar-refractivity contribution in [3.8, 4) is 0 Å². The molecule has 1 aromatic carbocycles. The number of aliphatic hydroxyl groups excluding tert-OH is 1. The fourth-order valence-electron chi connectivity index (χ4n) is 2.82. The first-order chi connectivity index (χ1) is 11.4. The van der Waals surface area contributed by atoms with Gasteiger partial charge in [-0.15, -0.1) is 0 Å². The van der Waals surface area contributed by atoms with Crippen molar-refractivity contribution < 1.29 is 18.7 Å². The molecule has 0 bridgehead atoms. The summed E-state index contributed by atoms with van der Waals surface area (Å²) in [6.07, 6.45) is 1.67. The Labute approximate surface area is 141 Å². The van der Waals surface area contributed by atoms with Crippen LogP contribution in [0.15, 0.2) is 18.2 Å². The van der Waals surface area contributed by atoms with Crippen molar-refractivity contribution in [2.75, 3.05) is 26.7 Å². The molecule has 2 amide bonds. The zero-order chi connectivity index (χ0) is 17.7. The fourth-order valence-corrected chi connectivity index (χ4v) is 2.82. The number of benzene rings is 1. The van der Waals surface area contributed by atoms with Gasteiger partial charge in [0.1, 0.15) is 11.6 Å². The predicted octanol–water partition coefficient (Wildman–Crippen LogP) is 1.95. The van der Waals surface area contributed by atoms with Gasteiger partial charge in [-0.05, 0) is 38.4 Å². The molecule has 134 valence electrons. The van der Waals surface area contributed by atoms with Gasteiger partial charge in [0.25, 0.3) is 0 Å². The minimum atomic E-state index is -0.544. The van der Waals surface area contributed by atoms with Gasteiger partial charge in [0, 0.05) is 31.7 Å². The normalized spacial score (nSPS) is 19.8. The van der Waals surface area contributed by atoms with Gasteiger partial charge in [0.05, 0.1) is 12.6 Å². The third kappa shape index (κ3) is 4.64. The topological polar surface area (TPSA) is 55.8 Å². The van der Waals surface area contributed by atoms with Crippen LogP contribution in [0.25, 0.3) is 0 Å². The second kappa shape index (κ2) is 8.39. The number of likely N-dealkylation sites (N-methyl/N-ethyl adjacent to an activating group) is 1. The monoisotopic (exact) mass is 341 g/mol. The van der Waals surface area contributed by atoms with Crippen molar-refractivity contribution in [3.63, 3.8) is 0 Å². The van der Waals surface area contributed by atoms with Crippen molar-refractivity contribution in [3.05, 3.63) is 35.4 Å². The predicted molar refractivity (Wildman–Crippen MR) is 87.5 cm³/mol. The molecule has 7 heteroatoms. The summed E-state index contributed by atoms with van der Waals surface area (Å²) < 4.78 is 27.6. The molecule has 5 nitrogen and oxygen atoms in total. The molecular weight excluding hydrogens is 316 g/mol. The Balaban J connectivity index is 1.93. The lowest BCUT2D eigenvalue weighted by atomic mass is 10.0. The van der Waals surface area contributed by atoms with E-state index in [1.165, 1.54) is 23.1 Å². The molecule has 2 atom stereocenters. The molecule has 0 aromatic heterocycles. The Morgan fingerprint density at radius 2 is 2.12 bits per heavy atom. The van der Waals surface area contributed by atoms with Crippen molar-refractivity contribution in [2.24, 2.45) is 0 Å². The summed E-state index contributed by atoms with van der Waals surface area (Å²) >= 11 is 0. The van der Waals surface area contributed by atoms with Gasteiger partial charge in [0.2, 0.25) is 0 Å². The molecule has 2 rings (SSSR count). The maximum atomic E-state index is 13.8. The minimum Gasteiger partial charge on any atom is -0.394 e. The third-order valence-corrected chi connectivity index (χ3v) is 4.52. The number of nitrogens with zero attached hydrogens (tertiary/aromatic N) is 2. The Bertz CT molecular complexity index is 551. The first kappa shape index (κ1) is 18.6. The van der Waals surface area contributed by atoms with E-state index in [1.54, 1.807) is 14.0 Å². The summed E-state index contributed by atoms with van der Waals surface area (Å²) in [7, 11) is 1.63. The largest absolute Gasteiger partial charge is 0.394 e. The minimum absolute atomic E-state index is 0.0653. The van der Waals surface area contributed by atoms with Gasteiger partial charge >= 0.3 is 6.03 Å². The highest BCUT2D eigenvalue weighted by molar-refractivity contribution is 5.74. The van der Waals surface area contributed by atoms with Crippen LogP contribution < -0.4 is 5.32 Å². The van der Waals surface area contributed by atoms with E-state index in [9.17, 15) is 13.6 Å². The number of carbonyl (C=O) groups excluding carboxylic acids is 1. The van der Waals surface area contributed by atoms with Crippen LogP contribution in [-0.4, -0.2) is 59.8 Å². The van der Waals surface area contributed by atoms with E-state index < -0.39 is 11.6 Å². The van der Waals surface area contributed by atoms with Crippen LogP contribution in [0.3, 0.4) is 0 Å². The summed E-state index contributed by atoms with van der Waals surface area (Å²) in [6.45, 7) is 3.12. The lowest BCUT2D eigenvalue weighted by Gasteiger charge is -2.34. The van der Waals surface area contributed by atoms with Crippen LogP contribution in [0, 0.1) is 11.6 Å². The number of rotatable bonds is 5. The van der Waals surface area contributed by atoms with Crippen molar-refractivity contribution in [1.82, 2.24) is 15.1 Å². The fraction of sp³-hybridized carbons (Fsp3) is 0.588. The first-order valence-corrected chi connectivity index (χ1v) is 8.21. The molecule has 2 unspecified atom stereocenters. The lowest BCUT2D eigenvalue weighted by Crippen LogP contribution is -2.52. The van der Waals surface area contributed by atoms with Crippen molar-refractivity contribution in [1.29, 1.82) is 0 Å². The molecule has 1 heterocycles. The molecule has 0 radical (unpaired) electrons. The number of urea groups is 1. The quantitative estimate of drug-likeness (QED) is 0.861. The molecule has 24 heavy (non-hydrogen) atoms. The highest BCUT2D eigenvalue weighted by Gasteiger charge is 2.25. The number of halogens is 2. The first-order valence-electron chi connectivity index (χ1n) is 8.21. The average Bonchev–Trinajstić information content (AvgIpc) is 2.57. The van der Waals surface area contributed by atoms with E-state index in [4.69, 9.17) is 5.11 Å². The summed E-state index contributed by atoms with van der Waals surface area (Å²) in [6, 6.07) is 3.28. The summed E-state index contributed by atoms with van der Waals surface area (Å²) in [4.78, 5) is 15.6. The maximum absolute atomic E-state index is 13.8. The number of amides is 2. The molecule has 0 aliphatic carbocycles. The number of aliphatic hydroxyl groups is 1. The zero-order valence-electron chi connectivity index (χ0n) is 14.1. The summed E-state index contributed by atoms with van der Waals surface area (Å²) in [5.41, 5.74) is 0.0653. The number of nitrogens with one attached hydrogen (secondary N) is 1. The SMILES string of the molecule is CC(CO)N(C)C(=O)NC1CCCN(Cc2c(F)cccc2F)C1. The van der Waals surface area contributed by atoms with Crippen molar-refractivity contribution >= 4 is 6.03 Å². The Morgan fingerprint density at radius 1 is 1.46 bits per heavy atom.